The lowest BCUT2D eigenvalue weighted by Crippen LogP contribution is -2.31. The zero-order valence-corrected chi connectivity index (χ0v) is 6.15. The van der Waals surface area contributed by atoms with Gasteiger partial charge in [-0.3, -0.25) is 4.98 Å². The molecule has 0 aromatic carbocycles. The van der Waals surface area contributed by atoms with E-state index in [4.69, 9.17) is 0 Å². The number of aliphatic hydroxyl groups excluding tert-OH is 1. The Hall–Kier alpha value is -1.29. The minimum absolute atomic E-state index is 0.616. The summed E-state index contributed by atoms with van der Waals surface area (Å²) in [4.78, 5) is 5.67. The number of fused-ring (bicyclic) bond motifs is 1. The molecule has 0 bridgehead atoms. The number of hydrogen-bond donors (Lipinski definition) is 2. The summed E-state index contributed by atoms with van der Waals surface area (Å²) in [6.07, 6.45) is 2.78. The number of rotatable bonds is 0. The SMILES string of the molecule is CN1c2ccncc2NC1O. The van der Waals surface area contributed by atoms with E-state index >= 15 is 0 Å². The summed E-state index contributed by atoms with van der Waals surface area (Å²) < 4.78 is 0. The van der Waals surface area contributed by atoms with Gasteiger partial charge >= 0.3 is 0 Å². The highest BCUT2D eigenvalue weighted by Crippen LogP contribution is 2.30. The highest BCUT2D eigenvalue weighted by atomic mass is 16.3. The first-order chi connectivity index (χ1) is 5.29. The van der Waals surface area contributed by atoms with Crippen molar-refractivity contribution in [1.82, 2.24) is 4.98 Å². The molecule has 0 fully saturated rings. The number of aliphatic hydroxyl groups is 1. The monoisotopic (exact) mass is 151 g/mol. The lowest BCUT2D eigenvalue weighted by molar-refractivity contribution is 0.210. The van der Waals surface area contributed by atoms with Gasteiger partial charge in [0.25, 0.3) is 0 Å². The van der Waals surface area contributed by atoms with E-state index in [1.165, 1.54) is 0 Å². The van der Waals surface area contributed by atoms with Crippen LogP contribution < -0.4 is 10.2 Å². The van der Waals surface area contributed by atoms with E-state index in [1.807, 2.05) is 13.1 Å². The maximum Gasteiger partial charge on any atom is 0.205 e. The average molecular weight is 151 g/mol. The first kappa shape index (κ1) is 6.42. The summed E-state index contributed by atoms with van der Waals surface area (Å²) in [6, 6.07) is 1.86. The molecule has 0 saturated carbocycles. The van der Waals surface area contributed by atoms with Crippen LogP contribution in [-0.4, -0.2) is 23.5 Å². The van der Waals surface area contributed by atoms with Crippen LogP contribution in [0.25, 0.3) is 0 Å². The van der Waals surface area contributed by atoms with Crippen LogP contribution in [0.2, 0.25) is 0 Å². The molecule has 0 aliphatic carbocycles. The molecular formula is C7H9N3O. The van der Waals surface area contributed by atoms with Crippen molar-refractivity contribution in [2.24, 2.45) is 0 Å². The first-order valence-electron chi connectivity index (χ1n) is 3.40. The van der Waals surface area contributed by atoms with Gasteiger partial charge in [0.15, 0.2) is 0 Å². The Kier molecular flexibility index (Phi) is 1.22. The maximum atomic E-state index is 9.31. The van der Waals surface area contributed by atoms with Crippen LogP contribution in [0, 0.1) is 0 Å². The zero-order valence-electron chi connectivity index (χ0n) is 6.15. The zero-order chi connectivity index (χ0) is 7.84. The molecule has 2 heterocycles. The third-order valence-corrected chi connectivity index (χ3v) is 1.83. The normalized spacial score (nSPS) is 21.3. The second kappa shape index (κ2) is 2.10. The number of anilines is 2. The average Bonchev–Trinajstić information content (AvgIpc) is 2.30. The van der Waals surface area contributed by atoms with Crippen molar-refractivity contribution in [2.75, 3.05) is 17.3 Å². The Balaban J connectivity index is 2.47. The Morgan fingerprint density at radius 2 is 2.55 bits per heavy atom. The van der Waals surface area contributed by atoms with Gasteiger partial charge in [0, 0.05) is 13.2 Å². The Morgan fingerprint density at radius 3 is 3.27 bits per heavy atom. The Labute approximate surface area is 64.5 Å². The van der Waals surface area contributed by atoms with Gasteiger partial charge in [-0.05, 0) is 6.07 Å². The second-order valence-electron chi connectivity index (χ2n) is 2.52. The van der Waals surface area contributed by atoms with Gasteiger partial charge in [0.1, 0.15) is 0 Å². The molecule has 0 amide bonds. The van der Waals surface area contributed by atoms with Gasteiger partial charge < -0.3 is 15.3 Å². The molecular weight excluding hydrogens is 142 g/mol. The predicted molar refractivity (Wildman–Crippen MR) is 42.3 cm³/mol. The molecule has 1 unspecified atom stereocenters. The standard InChI is InChI=1S/C7H9N3O/c1-10-6-2-3-8-4-5(6)9-7(10)11/h2-4,7,9,11H,1H3. The molecule has 0 radical (unpaired) electrons. The molecule has 58 valence electrons. The van der Waals surface area contributed by atoms with Crippen molar-refractivity contribution in [3.8, 4) is 0 Å². The van der Waals surface area contributed by atoms with Gasteiger partial charge in [-0.25, -0.2) is 0 Å². The molecule has 11 heavy (non-hydrogen) atoms. The highest BCUT2D eigenvalue weighted by molar-refractivity contribution is 5.73. The van der Waals surface area contributed by atoms with Crippen LogP contribution in [0.3, 0.4) is 0 Å². The van der Waals surface area contributed by atoms with Gasteiger partial charge in [-0.15, -0.1) is 0 Å². The molecule has 1 aromatic heterocycles. The van der Waals surface area contributed by atoms with Crippen LogP contribution in [0.5, 0.6) is 0 Å². The Bertz CT molecular complexity index is 276. The number of nitrogens with one attached hydrogen (secondary N) is 1. The largest absolute Gasteiger partial charge is 0.356 e. The molecule has 2 N–H and O–H groups in total. The van der Waals surface area contributed by atoms with E-state index in [0.29, 0.717) is 0 Å². The van der Waals surface area contributed by atoms with Crippen molar-refractivity contribution in [3.63, 3.8) is 0 Å². The summed E-state index contributed by atoms with van der Waals surface area (Å²) in [5.74, 6) is 0. The van der Waals surface area contributed by atoms with Crippen LogP contribution in [0.4, 0.5) is 11.4 Å². The van der Waals surface area contributed by atoms with E-state index in [-0.39, 0.29) is 0 Å². The van der Waals surface area contributed by atoms with Gasteiger partial charge in [-0.2, -0.15) is 0 Å². The van der Waals surface area contributed by atoms with Crippen molar-refractivity contribution in [1.29, 1.82) is 0 Å². The van der Waals surface area contributed by atoms with E-state index < -0.39 is 6.35 Å². The van der Waals surface area contributed by atoms with Crippen molar-refractivity contribution in [3.05, 3.63) is 18.5 Å². The first-order valence-corrected chi connectivity index (χ1v) is 3.40. The Morgan fingerprint density at radius 1 is 1.73 bits per heavy atom. The topological polar surface area (TPSA) is 48.4 Å². The maximum absolute atomic E-state index is 9.31. The molecule has 4 nitrogen and oxygen atoms in total. The second-order valence-corrected chi connectivity index (χ2v) is 2.52. The summed E-state index contributed by atoms with van der Waals surface area (Å²) in [5.41, 5.74) is 1.86. The number of aromatic nitrogens is 1. The fraction of sp³-hybridized carbons (Fsp3) is 0.286. The van der Waals surface area contributed by atoms with Crippen LogP contribution >= 0.6 is 0 Å². The lowest BCUT2D eigenvalue weighted by atomic mass is 10.3. The van der Waals surface area contributed by atoms with Gasteiger partial charge in [0.05, 0.1) is 17.6 Å². The fourth-order valence-electron chi connectivity index (χ4n) is 1.17. The number of pyridine rings is 1. The minimum atomic E-state index is -0.616. The molecule has 0 saturated heterocycles. The van der Waals surface area contributed by atoms with E-state index in [0.717, 1.165) is 11.4 Å². The summed E-state index contributed by atoms with van der Waals surface area (Å²) >= 11 is 0. The van der Waals surface area contributed by atoms with Gasteiger partial charge in [-0.1, -0.05) is 0 Å². The molecule has 2 rings (SSSR count). The van der Waals surface area contributed by atoms with Crippen molar-refractivity contribution in [2.45, 2.75) is 6.35 Å². The van der Waals surface area contributed by atoms with E-state index in [1.54, 1.807) is 17.3 Å². The summed E-state index contributed by atoms with van der Waals surface area (Å²) in [7, 11) is 1.82. The summed E-state index contributed by atoms with van der Waals surface area (Å²) in [6.45, 7) is 0. The predicted octanol–water partition coefficient (Wildman–Crippen LogP) is 0.219. The highest BCUT2D eigenvalue weighted by Gasteiger charge is 2.22. The third kappa shape index (κ3) is 0.832. The van der Waals surface area contributed by atoms with Crippen molar-refractivity contribution >= 4 is 11.4 Å². The van der Waals surface area contributed by atoms with Gasteiger partial charge in [0.2, 0.25) is 6.35 Å². The fourth-order valence-corrected chi connectivity index (χ4v) is 1.17. The van der Waals surface area contributed by atoms with E-state index in [9.17, 15) is 5.11 Å². The number of nitrogens with zero attached hydrogens (tertiary/aromatic N) is 2. The summed E-state index contributed by atoms with van der Waals surface area (Å²) in [5, 5.41) is 12.2. The minimum Gasteiger partial charge on any atom is -0.356 e. The molecule has 4 heteroatoms. The van der Waals surface area contributed by atoms with Crippen LogP contribution in [0.1, 0.15) is 0 Å². The third-order valence-electron chi connectivity index (χ3n) is 1.83. The van der Waals surface area contributed by atoms with Crippen LogP contribution in [-0.2, 0) is 0 Å². The molecule has 1 aliphatic rings. The molecule has 0 spiro atoms. The van der Waals surface area contributed by atoms with Crippen molar-refractivity contribution < 1.29 is 5.11 Å². The number of hydrogen-bond acceptors (Lipinski definition) is 4. The smallest absolute Gasteiger partial charge is 0.205 e. The quantitative estimate of drug-likeness (QED) is 0.557. The van der Waals surface area contributed by atoms with E-state index in [2.05, 4.69) is 10.3 Å². The van der Waals surface area contributed by atoms with Crippen LogP contribution in [0.15, 0.2) is 18.5 Å². The molecule has 1 aromatic rings. The molecule has 1 atom stereocenters. The molecule has 1 aliphatic heterocycles. The lowest BCUT2D eigenvalue weighted by Gasteiger charge is -2.15.